The average molecular weight is 255 g/mol. The number of nitrogens with zero attached hydrogens (tertiary/aromatic N) is 1. The zero-order valence-corrected chi connectivity index (χ0v) is 9.03. The molecule has 0 aromatic carbocycles. The molecular weight excluding hydrogens is 243 g/mol. The summed E-state index contributed by atoms with van der Waals surface area (Å²) in [5.74, 6) is -3.31. The topological polar surface area (TPSA) is 66.8 Å². The van der Waals surface area contributed by atoms with Crippen LogP contribution in [0.25, 0.3) is 0 Å². The third-order valence-electron chi connectivity index (χ3n) is 2.61. The fourth-order valence-electron chi connectivity index (χ4n) is 1.64. The van der Waals surface area contributed by atoms with Crippen molar-refractivity contribution in [2.24, 2.45) is 5.92 Å². The number of amides is 1. The molecule has 1 aliphatic heterocycles. The quantitative estimate of drug-likeness (QED) is 0.797. The first kappa shape index (κ1) is 13.8. The molecule has 1 amide bonds. The van der Waals surface area contributed by atoms with E-state index in [2.05, 4.69) is 0 Å². The maximum atomic E-state index is 12.0. The van der Waals surface area contributed by atoms with Gasteiger partial charge < -0.3 is 14.7 Å². The molecule has 0 spiro atoms. The van der Waals surface area contributed by atoms with Gasteiger partial charge in [0, 0.05) is 7.05 Å². The van der Waals surface area contributed by atoms with Crippen LogP contribution in [0.1, 0.15) is 6.42 Å². The van der Waals surface area contributed by atoms with Gasteiger partial charge in [-0.3, -0.25) is 9.59 Å². The van der Waals surface area contributed by atoms with Gasteiger partial charge in [0.05, 0.1) is 19.3 Å². The largest absolute Gasteiger partial charge is 0.481 e. The van der Waals surface area contributed by atoms with Crippen LogP contribution in [-0.4, -0.2) is 54.4 Å². The Hall–Kier alpha value is -1.31. The number of aliphatic carboxylic acids is 1. The Bertz CT molecular complexity index is 318. The van der Waals surface area contributed by atoms with Gasteiger partial charge in [0.25, 0.3) is 0 Å². The van der Waals surface area contributed by atoms with E-state index in [-0.39, 0.29) is 13.2 Å². The molecule has 0 bridgehead atoms. The summed E-state index contributed by atoms with van der Waals surface area (Å²) < 4.78 is 40.9. The van der Waals surface area contributed by atoms with Crippen molar-refractivity contribution in [3.05, 3.63) is 0 Å². The first-order chi connectivity index (χ1) is 7.72. The number of carbonyl (C=O) groups excluding carboxylic acids is 1. The number of carboxylic acid groups (broad SMARTS) is 1. The maximum absolute atomic E-state index is 12.0. The highest BCUT2D eigenvalue weighted by molar-refractivity contribution is 5.78. The summed E-state index contributed by atoms with van der Waals surface area (Å²) in [5.41, 5.74) is 0. The lowest BCUT2D eigenvalue weighted by Crippen LogP contribution is -2.45. The molecule has 8 heteroatoms. The van der Waals surface area contributed by atoms with Crippen LogP contribution in [0.2, 0.25) is 0 Å². The summed E-state index contributed by atoms with van der Waals surface area (Å²) in [7, 11) is 1.16. The Kier molecular flexibility index (Phi) is 3.97. The molecule has 2 atom stereocenters. The number of likely N-dealkylation sites (N-methyl/N-ethyl adjacent to an activating group) is 1. The van der Waals surface area contributed by atoms with Gasteiger partial charge in [0.1, 0.15) is 12.3 Å². The number of halogens is 3. The molecule has 0 aromatic rings. The predicted octanol–water partition coefficient (Wildman–Crippen LogP) is 0.497. The van der Waals surface area contributed by atoms with Crippen molar-refractivity contribution in [3.63, 3.8) is 0 Å². The van der Waals surface area contributed by atoms with Gasteiger partial charge in [-0.2, -0.15) is 13.2 Å². The lowest BCUT2D eigenvalue weighted by Gasteiger charge is -2.26. The lowest BCUT2D eigenvalue weighted by molar-refractivity contribution is -0.162. The number of ether oxygens (including phenoxy) is 1. The molecule has 2 unspecified atom stereocenters. The van der Waals surface area contributed by atoms with Crippen molar-refractivity contribution >= 4 is 11.9 Å². The van der Waals surface area contributed by atoms with E-state index < -0.39 is 36.4 Å². The van der Waals surface area contributed by atoms with E-state index in [9.17, 15) is 22.8 Å². The minimum Gasteiger partial charge on any atom is -0.481 e. The molecular formula is C9H12F3NO4. The van der Waals surface area contributed by atoms with E-state index in [0.29, 0.717) is 0 Å². The zero-order chi connectivity index (χ0) is 13.2. The minimum absolute atomic E-state index is 0.0585. The number of carbonyl (C=O) groups is 2. The van der Waals surface area contributed by atoms with Gasteiger partial charge in [-0.1, -0.05) is 0 Å². The number of hydrogen-bond acceptors (Lipinski definition) is 3. The van der Waals surface area contributed by atoms with Crippen LogP contribution in [0.3, 0.4) is 0 Å². The lowest BCUT2D eigenvalue weighted by atomic mass is 10.0. The van der Waals surface area contributed by atoms with E-state index in [1.165, 1.54) is 0 Å². The van der Waals surface area contributed by atoms with Crippen molar-refractivity contribution < 1.29 is 32.6 Å². The third kappa shape index (κ3) is 3.58. The molecule has 1 fully saturated rings. The highest BCUT2D eigenvalue weighted by Gasteiger charge is 2.41. The molecule has 0 aromatic heterocycles. The van der Waals surface area contributed by atoms with E-state index in [1.54, 1.807) is 0 Å². The first-order valence-electron chi connectivity index (χ1n) is 4.85. The normalized spacial score (nSPS) is 24.7. The highest BCUT2D eigenvalue weighted by atomic mass is 19.4. The summed E-state index contributed by atoms with van der Waals surface area (Å²) >= 11 is 0. The Morgan fingerprint density at radius 1 is 1.41 bits per heavy atom. The second kappa shape index (κ2) is 4.91. The standard InChI is InChI=1S/C9H12F3NO4/c1-13(7(14)2-9(10,11)12)6-4-17-3-5(6)8(15)16/h5-6H,2-4H2,1H3,(H,15,16). The zero-order valence-electron chi connectivity index (χ0n) is 9.03. The SMILES string of the molecule is CN(C(=O)CC(F)(F)F)C1COCC1C(=O)O. The van der Waals surface area contributed by atoms with Crippen LogP contribution in [0.5, 0.6) is 0 Å². The van der Waals surface area contributed by atoms with Crippen molar-refractivity contribution in [3.8, 4) is 0 Å². The Labute approximate surface area is 95.1 Å². The van der Waals surface area contributed by atoms with Crippen LogP contribution >= 0.6 is 0 Å². The number of rotatable bonds is 3. The summed E-state index contributed by atoms with van der Waals surface area (Å²) in [5, 5.41) is 8.81. The Balaban J connectivity index is 2.66. The Morgan fingerprint density at radius 3 is 2.47 bits per heavy atom. The summed E-state index contributed by atoms with van der Waals surface area (Å²) in [6.45, 7) is -0.152. The smallest absolute Gasteiger partial charge is 0.397 e. The summed E-state index contributed by atoms with van der Waals surface area (Å²) in [4.78, 5) is 22.9. The number of alkyl halides is 3. The van der Waals surface area contributed by atoms with Gasteiger partial charge in [0.15, 0.2) is 0 Å². The molecule has 1 saturated heterocycles. The second-order valence-electron chi connectivity index (χ2n) is 3.85. The molecule has 0 radical (unpaired) electrons. The molecule has 98 valence electrons. The predicted molar refractivity (Wildman–Crippen MR) is 49.2 cm³/mol. The third-order valence-corrected chi connectivity index (χ3v) is 2.61. The van der Waals surface area contributed by atoms with Crippen molar-refractivity contribution in [1.82, 2.24) is 4.90 Å². The summed E-state index contributed by atoms with van der Waals surface area (Å²) in [6, 6.07) is -0.845. The van der Waals surface area contributed by atoms with Gasteiger partial charge in [-0.25, -0.2) is 0 Å². The van der Waals surface area contributed by atoms with Gasteiger partial charge in [0.2, 0.25) is 5.91 Å². The van der Waals surface area contributed by atoms with Crippen LogP contribution in [0, 0.1) is 5.92 Å². The van der Waals surface area contributed by atoms with Crippen LogP contribution in [-0.2, 0) is 14.3 Å². The van der Waals surface area contributed by atoms with Crippen molar-refractivity contribution in [1.29, 1.82) is 0 Å². The van der Waals surface area contributed by atoms with Crippen LogP contribution in [0.15, 0.2) is 0 Å². The maximum Gasteiger partial charge on any atom is 0.397 e. The van der Waals surface area contributed by atoms with E-state index in [1.807, 2.05) is 0 Å². The monoisotopic (exact) mass is 255 g/mol. The van der Waals surface area contributed by atoms with Gasteiger partial charge in [-0.15, -0.1) is 0 Å². The number of hydrogen-bond donors (Lipinski definition) is 1. The second-order valence-corrected chi connectivity index (χ2v) is 3.85. The molecule has 17 heavy (non-hydrogen) atoms. The average Bonchev–Trinajstić information content (AvgIpc) is 2.61. The van der Waals surface area contributed by atoms with Crippen LogP contribution in [0.4, 0.5) is 13.2 Å². The fourth-order valence-corrected chi connectivity index (χ4v) is 1.64. The molecule has 1 N–H and O–H groups in total. The molecule has 1 aliphatic rings. The van der Waals surface area contributed by atoms with E-state index >= 15 is 0 Å². The number of carboxylic acids is 1. The fraction of sp³-hybridized carbons (Fsp3) is 0.778. The molecule has 1 heterocycles. The summed E-state index contributed by atoms with van der Waals surface area (Å²) in [6.07, 6.45) is -6.18. The molecule has 1 rings (SSSR count). The van der Waals surface area contributed by atoms with Gasteiger partial charge in [-0.05, 0) is 0 Å². The van der Waals surface area contributed by atoms with Crippen molar-refractivity contribution in [2.45, 2.75) is 18.6 Å². The first-order valence-corrected chi connectivity index (χ1v) is 4.85. The molecule has 0 saturated carbocycles. The highest BCUT2D eigenvalue weighted by Crippen LogP contribution is 2.24. The van der Waals surface area contributed by atoms with Crippen molar-refractivity contribution in [2.75, 3.05) is 20.3 Å². The molecule has 5 nitrogen and oxygen atoms in total. The molecule has 0 aliphatic carbocycles. The van der Waals surface area contributed by atoms with Gasteiger partial charge >= 0.3 is 12.1 Å². The van der Waals surface area contributed by atoms with Crippen LogP contribution < -0.4 is 0 Å². The minimum atomic E-state index is -4.59. The van der Waals surface area contributed by atoms with E-state index in [4.69, 9.17) is 9.84 Å². The van der Waals surface area contributed by atoms with E-state index in [0.717, 1.165) is 11.9 Å². The Morgan fingerprint density at radius 2 is 2.00 bits per heavy atom.